The summed E-state index contributed by atoms with van der Waals surface area (Å²) in [6.45, 7) is 7.84. The molecule has 1 aliphatic rings. The van der Waals surface area contributed by atoms with Gasteiger partial charge >= 0.3 is 0 Å². The molecule has 0 saturated carbocycles. The van der Waals surface area contributed by atoms with Crippen LogP contribution in [-0.2, 0) is 11.2 Å². The quantitative estimate of drug-likeness (QED) is 0.726. The summed E-state index contributed by atoms with van der Waals surface area (Å²) in [5.41, 5.74) is 6.84. The Morgan fingerprint density at radius 1 is 1.12 bits per heavy atom. The molecule has 25 heavy (non-hydrogen) atoms. The molecule has 4 heteroatoms. The molecule has 3 heterocycles. The van der Waals surface area contributed by atoms with Gasteiger partial charge in [-0.2, -0.15) is 0 Å². The number of fused-ring (bicyclic) bond motifs is 1. The fourth-order valence-corrected chi connectivity index (χ4v) is 3.54. The van der Waals surface area contributed by atoms with E-state index in [1.54, 1.807) is 0 Å². The summed E-state index contributed by atoms with van der Waals surface area (Å²) >= 11 is 0. The molecule has 0 spiro atoms. The average Bonchev–Trinajstić information content (AvgIpc) is 2.67. The Kier molecular flexibility index (Phi) is 4.36. The molecular weight excluding hydrogens is 310 g/mol. The summed E-state index contributed by atoms with van der Waals surface area (Å²) in [6, 6.07) is 12.8. The fraction of sp³-hybridized carbons (Fsp3) is 0.333. The van der Waals surface area contributed by atoms with E-state index in [9.17, 15) is 0 Å². The third kappa shape index (κ3) is 3.10. The number of anilines is 1. The number of ether oxygens (including phenoxy) is 1. The van der Waals surface area contributed by atoms with Gasteiger partial charge in [0.2, 0.25) is 0 Å². The number of morpholine rings is 1. The number of hydrogen-bond acceptors (Lipinski definition) is 4. The third-order valence-corrected chi connectivity index (χ3v) is 4.86. The Hall–Kier alpha value is -2.46. The van der Waals surface area contributed by atoms with Crippen LogP contribution >= 0.6 is 0 Å². The second-order valence-corrected chi connectivity index (χ2v) is 6.48. The zero-order chi connectivity index (χ0) is 17.2. The zero-order valence-electron chi connectivity index (χ0n) is 14.8. The van der Waals surface area contributed by atoms with Crippen molar-refractivity contribution in [2.45, 2.75) is 20.3 Å². The lowest BCUT2D eigenvalue weighted by Gasteiger charge is -2.30. The van der Waals surface area contributed by atoms with Crippen molar-refractivity contribution in [1.82, 2.24) is 9.97 Å². The first kappa shape index (κ1) is 16.0. The van der Waals surface area contributed by atoms with Gasteiger partial charge in [-0.25, -0.2) is 0 Å². The van der Waals surface area contributed by atoms with Gasteiger partial charge in [-0.3, -0.25) is 9.97 Å². The maximum absolute atomic E-state index is 5.46. The van der Waals surface area contributed by atoms with Gasteiger partial charge in [-0.05, 0) is 49.2 Å². The summed E-state index contributed by atoms with van der Waals surface area (Å²) in [5.74, 6) is 0. The van der Waals surface area contributed by atoms with E-state index in [1.807, 2.05) is 12.3 Å². The summed E-state index contributed by atoms with van der Waals surface area (Å²) in [4.78, 5) is 11.8. The van der Waals surface area contributed by atoms with E-state index in [-0.39, 0.29) is 0 Å². The van der Waals surface area contributed by atoms with Crippen LogP contribution in [0, 0.1) is 6.92 Å². The second-order valence-electron chi connectivity index (χ2n) is 6.48. The average molecular weight is 333 g/mol. The minimum absolute atomic E-state index is 0.805. The maximum atomic E-state index is 5.46. The van der Waals surface area contributed by atoms with E-state index in [0.29, 0.717) is 0 Å². The molecule has 1 fully saturated rings. The lowest BCUT2D eigenvalue weighted by Crippen LogP contribution is -2.36. The zero-order valence-corrected chi connectivity index (χ0v) is 14.8. The standard InChI is InChI=1S/C21H23N3O/c1-3-18-17-5-4-8-22-20(17)14-19(23-18)16-6-7-21(15(2)13-16)24-9-11-25-12-10-24/h4-8,13-14H,3,9-12H2,1-2H3. The van der Waals surface area contributed by atoms with Crippen LogP contribution < -0.4 is 4.90 Å². The smallest absolute Gasteiger partial charge is 0.0741 e. The van der Waals surface area contributed by atoms with Crippen molar-refractivity contribution in [1.29, 1.82) is 0 Å². The lowest BCUT2D eigenvalue weighted by atomic mass is 10.0. The molecule has 0 bridgehead atoms. The summed E-state index contributed by atoms with van der Waals surface area (Å²) in [6.07, 6.45) is 2.75. The highest BCUT2D eigenvalue weighted by Gasteiger charge is 2.14. The molecule has 0 N–H and O–H groups in total. The van der Waals surface area contributed by atoms with Crippen molar-refractivity contribution in [2.75, 3.05) is 31.2 Å². The Balaban J connectivity index is 1.74. The molecule has 0 unspecified atom stereocenters. The van der Waals surface area contributed by atoms with Crippen LogP contribution in [0.3, 0.4) is 0 Å². The molecule has 0 radical (unpaired) electrons. The molecule has 4 nitrogen and oxygen atoms in total. The van der Waals surface area contributed by atoms with E-state index < -0.39 is 0 Å². The first-order valence-corrected chi connectivity index (χ1v) is 8.94. The van der Waals surface area contributed by atoms with E-state index in [0.717, 1.165) is 60.6 Å². The highest BCUT2D eigenvalue weighted by molar-refractivity contribution is 5.85. The summed E-state index contributed by atoms with van der Waals surface area (Å²) < 4.78 is 5.46. The number of nitrogens with zero attached hydrogens (tertiary/aromatic N) is 3. The first-order chi connectivity index (χ1) is 12.3. The van der Waals surface area contributed by atoms with Crippen molar-refractivity contribution in [3.8, 4) is 11.3 Å². The van der Waals surface area contributed by atoms with Crippen molar-refractivity contribution >= 4 is 16.6 Å². The first-order valence-electron chi connectivity index (χ1n) is 8.94. The van der Waals surface area contributed by atoms with Gasteiger partial charge in [0.1, 0.15) is 0 Å². The molecule has 3 aromatic rings. The maximum Gasteiger partial charge on any atom is 0.0741 e. The Morgan fingerprint density at radius 3 is 2.72 bits per heavy atom. The van der Waals surface area contributed by atoms with Crippen molar-refractivity contribution in [3.63, 3.8) is 0 Å². The summed E-state index contributed by atoms with van der Waals surface area (Å²) in [5, 5.41) is 1.15. The Labute approximate surface area is 148 Å². The van der Waals surface area contributed by atoms with E-state index in [1.165, 1.54) is 11.3 Å². The minimum atomic E-state index is 0.805. The Bertz CT molecular complexity index is 901. The topological polar surface area (TPSA) is 38.2 Å². The van der Waals surface area contributed by atoms with Crippen LogP contribution in [0.15, 0.2) is 42.6 Å². The molecule has 0 aliphatic carbocycles. The van der Waals surface area contributed by atoms with Gasteiger partial charge in [-0.1, -0.05) is 13.0 Å². The van der Waals surface area contributed by atoms with Gasteiger partial charge in [0.25, 0.3) is 0 Å². The molecular formula is C21H23N3O. The largest absolute Gasteiger partial charge is 0.378 e. The second kappa shape index (κ2) is 6.81. The summed E-state index contributed by atoms with van der Waals surface area (Å²) in [7, 11) is 0. The monoisotopic (exact) mass is 333 g/mol. The molecule has 128 valence electrons. The molecule has 1 aliphatic heterocycles. The van der Waals surface area contributed by atoms with Gasteiger partial charge < -0.3 is 9.64 Å². The van der Waals surface area contributed by atoms with E-state index >= 15 is 0 Å². The number of pyridine rings is 2. The number of benzene rings is 1. The lowest BCUT2D eigenvalue weighted by molar-refractivity contribution is 0.122. The SMILES string of the molecule is CCc1nc(-c2ccc(N3CCOCC3)c(C)c2)cc2ncccc12. The normalized spacial score (nSPS) is 14.9. The van der Waals surface area contributed by atoms with Gasteiger partial charge in [0.15, 0.2) is 0 Å². The molecule has 4 rings (SSSR count). The Morgan fingerprint density at radius 2 is 1.96 bits per heavy atom. The van der Waals surface area contributed by atoms with Crippen LogP contribution in [0.4, 0.5) is 5.69 Å². The molecule has 1 aromatic carbocycles. The predicted octanol–water partition coefficient (Wildman–Crippen LogP) is 4.00. The fourth-order valence-electron chi connectivity index (χ4n) is 3.54. The van der Waals surface area contributed by atoms with Crippen LogP contribution in [0.25, 0.3) is 22.2 Å². The van der Waals surface area contributed by atoms with E-state index in [2.05, 4.69) is 54.1 Å². The highest BCUT2D eigenvalue weighted by Crippen LogP contribution is 2.29. The van der Waals surface area contributed by atoms with Gasteiger partial charge in [0, 0.05) is 35.9 Å². The molecule has 0 amide bonds. The highest BCUT2D eigenvalue weighted by atomic mass is 16.5. The number of aromatic nitrogens is 2. The van der Waals surface area contributed by atoms with Gasteiger partial charge in [0.05, 0.1) is 30.1 Å². The van der Waals surface area contributed by atoms with Crippen LogP contribution in [0.1, 0.15) is 18.2 Å². The number of hydrogen-bond donors (Lipinski definition) is 0. The van der Waals surface area contributed by atoms with Crippen molar-refractivity contribution in [2.24, 2.45) is 0 Å². The number of aryl methyl sites for hydroxylation is 2. The van der Waals surface area contributed by atoms with Gasteiger partial charge in [-0.15, -0.1) is 0 Å². The molecule has 1 saturated heterocycles. The van der Waals surface area contributed by atoms with Crippen LogP contribution in [-0.4, -0.2) is 36.3 Å². The van der Waals surface area contributed by atoms with E-state index in [4.69, 9.17) is 9.72 Å². The predicted molar refractivity (Wildman–Crippen MR) is 102 cm³/mol. The van der Waals surface area contributed by atoms with Crippen molar-refractivity contribution in [3.05, 3.63) is 53.9 Å². The molecule has 0 atom stereocenters. The molecule has 2 aromatic heterocycles. The van der Waals surface area contributed by atoms with Crippen molar-refractivity contribution < 1.29 is 4.74 Å². The minimum Gasteiger partial charge on any atom is -0.378 e. The third-order valence-electron chi connectivity index (χ3n) is 4.86. The van der Waals surface area contributed by atoms with Crippen LogP contribution in [0.5, 0.6) is 0 Å². The number of rotatable bonds is 3. The van der Waals surface area contributed by atoms with Crippen LogP contribution in [0.2, 0.25) is 0 Å².